The Bertz CT molecular complexity index is 1720. The number of ketones is 2. The standard InChI is InChI=1S/C27H30N4O9S2/c1-10-23(11(2)41-30-10)42(39,40)29-9-12-5-6-16(32)18-14(12)7-13-8-15-20(31(3)4)22(34)19(26(28)37)25(36)27(15,38)24(35)17(13)21(18)33/h5-6,13,15,20,29,32,34-35,38H,7-9H2,1-4H3,(H2,28,37). The maximum absolute atomic E-state index is 13.8. The van der Waals surface area contributed by atoms with E-state index in [1.807, 2.05) is 0 Å². The molecule has 1 heterocycles. The number of hydrogen-bond acceptors (Lipinski definition) is 12. The number of amides is 1. The van der Waals surface area contributed by atoms with E-state index in [4.69, 9.17) is 5.73 Å². The van der Waals surface area contributed by atoms with Crippen molar-refractivity contribution in [2.75, 3.05) is 14.1 Å². The molecular formula is C27H30N4O9S2. The van der Waals surface area contributed by atoms with E-state index in [9.17, 15) is 43.2 Å². The summed E-state index contributed by atoms with van der Waals surface area (Å²) in [7, 11) is -0.882. The summed E-state index contributed by atoms with van der Waals surface area (Å²) in [5.41, 5.74) is 2.33. The molecule has 0 bridgehead atoms. The summed E-state index contributed by atoms with van der Waals surface area (Å²) in [5, 5.41) is 44.6. The number of benzene rings is 1. The highest BCUT2D eigenvalue weighted by Gasteiger charge is 2.63. The molecule has 5 rings (SSSR count). The van der Waals surface area contributed by atoms with E-state index in [0.717, 1.165) is 11.5 Å². The van der Waals surface area contributed by atoms with Crippen LogP contribution < -0.4 is 10.5 Å². The summed E-state index contributed by atoms with van der Waals surface area (Å²) in [5.74, 6) is -7.48. The van der Waals surface area contributed by atoms with E-state index >= 15 is 0 Å². The summed E-state index contributed by atoms with van der Waals surface area (Å²) in [6.07, 6.45) is -0.0381. The molecule has 0 saturated carbocycles. The molecule has 4 unspecified atom stereocenters. The van der Waals surface area contributed by atoms with Gasteiger partial charge in [-0.15, -0.1) is 0 Å². The van der Waals surface area contributed by atoms with Crippen LogP contribution in [0.4, 0.5) is 0 Å². The number of aliphatic hydroxyl groups excluding tert-OH is 2. The first-order chi connectivity index (χ1) is 19.5. The highest BCUT2D eigenvalue weighted by atomic mass is 32.2. The number of rotatable bonds is 6. The average Bonchev–Trinajstić information content (AvgIpc) is 3.23. The van der Waals surface area contributed by atoms with Crippen molar-refractivity contribution in [3.05, 3.63) is 62.1 Å². The summed E-state index contributed by atoms with van der Waals surface area (Å²) >= 11 is 1.06. The van der Waals surface area contributed by atoms with Gasteiger partial charge in [-0.3, -0.25) is 19.3 Å². The lowest BCUT2D eigenvalue weighted by molar-refractivity contribution is -0.148. The van der Waals surface area contributed by atoms with Crippen molar-refractivity contribution in [1.29, 1.82) is 0 Å². The van der Waals surface area contributed by atoms with Crippen LogP contribution >= 0.6 is 11.5 Å². The van der Waals surface area contributed by atoms with Crippen LogP contribution in [0.25, 0.3) is 0 Å². The van der Waals surface area contributed by atoms with Gasteiger partial charge in [0.2, 0.25) is 15.8 Å². The molecule has 224 valence electrons. The third-order valence-electron chi connectivity index (χ3n) is 8.39. The van der Waals surface area contributed by atoms with E-state index in [-0.39, 0.29) is 35.4 Å². The monoisotopic (exact) mass is 618 g/mol. The number of aliphatic hydroxyl groups is 3. The zero-order chi connectivity index (χ0) is 31.0. The van der Waals surface area contributed by atoms with Crippen molar-refractivity contribution in [3.63, 3.8) is 0 Å². The summed E-state index contributed by atoms with van der Waals surface area (Å²) in [6, 6.07) is 1.60. The van der Waals surface area contributed by atoms with Gasteiger partial charge in [-0.25, -0.2) is 13.1 Å². The summed E-state index contributed by atoms with van der Waals surface area (Å²) < 4.78 is 32.8. The number of nitrogens with zero attached hydrogens (tertiary/aromatic N) is 2. The number of Topliss-reactive ketones (excluding diaryl/α,β-unsaturated/α-hetero) is 2. The second-order valence-corrected chi connectivity index (χ2v) is 13.7. The van der Waals surface area contributed by atoms with Gasteiger partial charge < -0.3 is 26.2 Å². The number of phenolic OH excluding ortho intramolecular Hbond substituents is 1. The zero-order valence-electron chi connectivity index (χ0n) is 23.1. The minimum Gasteiger partial charge on any atom is -0.510 e. The Labute approximate surface area is 245 Å². The Morgan fingerprint density at radius 1 is 1.21 bits per heavy atom. The number of carbonyl (C=O) groups is 3. The first-order valence-corrected chi connectivity index (χ1v) is 15.2. The molecular weight excluding hydrogens is 588 g/mol. The van der Waals surface area contributed by atoms with Gasteiger partial charge in [0.15, 0.2) is 11.4 Å². The Balaban J connectivity index is 1.60. The fraction of sp³-hybridized carbons (Fsp3) is 0.407. The van der Waals surface area contributed by atoms with E-state index in [1.54, 1.807) is 27.9 Å². The molecule has 1 aromatic heterocycles. The molecule has 0 spiro atoms. The smallest absolute Gasteiger partial charge is 0.255 e. The third-order valence-corrected chi connectivity index (χ3v) is 11.0. The number of primary amides is 1. The fourth-order valence-corrected chi connectivity index (χ4v) is 8.98. The number of nitrogens with two attached hydrogens (primary N) is 1. The normalized spacial score (nSPS) is 25.9. The number of aromatic hydroxyl groups is 1. The van der Waals surface area contributed by atoms with Gasteiger partial charge in [0.05, 0.1) is 17.3 Å². The number of aryl methyl sites for hydroxylation is 2. The van der Waals surface area contributed by atoms with Crippen molar-refractivity contribution in [2.24, 2.45) is 17.6 Å². The lowest BCUT2D eigenvalue weighted by Crippen LogP contribution is -2.63. The van der Waals surface area contributed by atoms with Crippen LogP contribution in [0.2, 0.25) is 0 Å². The second kappa shape index (κ2) is 9.98. The number of likely N-dealkylation sites (N-methyl/N-ethyl adjacent to an activating group) is 1. The number of sulfonamides is 1. The topological polar surface area (TPSA) is 220 Å². The molecule has 15 heteroatoms. The van der Waals surface area contributed by atoms with Crippen molar-refractivity contribution < 1.29 is 43.2 Å². The number of allylic oxidation sites excluding steroid dienone is 1. The molecule has 0 radical (unpaired) electrons. The second-order valence-electron chi connectivity index (χ2n) is 11.0. The summed E-state index contributed by atoms with van der Waals surface area (Å²) in [6.45, 7) is 3.00. The van der Waals surface area contributed by atoms with Gasteiger partial charge in [-0.05, 0) is 75.4 Å². The highest BCUT2D eigenvalue weighted by molar-refractivity contribution is 7.89. The molecule has 3 aliphatic rings. The molecule has 3 aliphatic carbocycles. The zero-order valence-corrected chi connectivity index (χ0v) is 24.8. The summed E-state index contributed by atoms with van der Waals surface area (Å²) in [4.78, 5) is 41.3. The third kappa shape index (κ3) is 4.18. The van der Waals surface area contributed by atoms with E-state index in [1.165, 1.54) is 17.0 Å². The minimum atomic E-state index is -3.97. The van der Waals surface area contributed by atoms with Crippen LogP contribution in [-0.4, -0.2) is 81.3 Å². The molecule has 2 aromatic rings. The van der Waals surface area contributed by atoms with Crippen molar-refractivity contribution in [3.8, 4) is 5.75 Å². The van der Waals surface area contributed by atoms with Crippen LogP contribution in [-0.2, 0) is 32.6 Å². The number of phenols is 1. The van der Waals surface area contributed by atoms with Crippen LogP contribution in [0.3, 0.4) is 0 Å². The van der Waals surface area contributed by atoms with E-state index in [0.29, 0.717) is 21.7 Å². The molecule has 13 nitrogen and oxygen atoms in total. The Kier molecular flexibility index (Phi) is 7.09. The van der Waals surface area contributed by atoms with Gasteiger partial charge in [0.1, 0.15) is 27.7 Å². The van der Waals surface area contributed by atoms with Crippen LogP contribution in [0, 0.1) is 25.7 Å². The molecule has 0 saturated heterocycles. The largest absolute Gasteiger partial charge is 0.510 e. The Hall–Kier alpha value is -3.63. The molecule has 42 heavy (non-hydrogen) atoms. The number of fused-ring (bicyclic) bond motifs is 3. The molecule has 1 amide bonds. The number of nitrogens with one attached hydrogen (secondary N) is 1. The first-order valence-electron chi connectivity index (χ1n) is 12.9. The average molecular weight is 619 g/mol. The molecule has 7 N–H and O–H groups in total. The van der Waals surface area contributed by atoms with Gasteiger partial charge in [0, 0.05) is 22.9 Å². The first kappa shape index (κ1) is 29.8. The lowest BCUT2D eigenvalue weighted by Gasteiger charge is -2.50. The van der Waals surface area contributed by atoms with E-state index < -0.39 is 73.8 Å². The van der Waals surface area contributed by atoms with Crippen LogP contribution in [0.5, 0.6) is 5.75 Å². The van der Waals surface area contributed by atoms with Gasteiger partial charge in [0.25, 0.3) is 5.91 Å². The number of carbonyl (C=O) groups excluding carboxylic acids is 3. The van der Waals surface area contributed by atoms with E-state index in [2.05, 4.69) is 9.10 Å². The van der Waals surface area contributed by atoms with Gasteiger partial charge >= 0.3 is 0 Å². The van der Waals surface area contributed by atoms with Crippen LogP contribution in [0.1, 0.15) is 38.5 Å². The van der Waals surface area contributed by atoms with Crippen molar-refractivity contribution >= 4 is 39.0 Å². The molecule has 1 aromatic carbocycles. The Morgan fingerprint density at radius 2 is 1.88 bits per heavy atom. The lowest BCUT2D eigenvalue weighted by atomic mass is 9.58. The van der Waals surface area contributed by atoms with Crippen LogP contribution in [0.15, 0.2) is 39.7 Å². The molecule has 4 atom stereocenters. The predicted octanol–water partition coefficient (Wildman–Crippen LogP) is 0.672. The fourth-order valence-electron chi connectivity index (χ4n) is 6.58. The SMILES string of the molecule is Cc1nsc(C)c1S(=O)(=O)NCc1ccc(O)c2c1CC1CC3C(N(C)C)C(O)=C(C(N)=O)C(=O)C3(O)C(O)=C1C2=O. The maximum Gasteiger partial charge on any atom is 0.255 e. The van der Waals surface area contributed by atoms with Crippen molar-refractivity contribution in [1.82, 2.24) is 14.0 Å². The molecule has 0 aliphatic heterocycles. The van der Waals surface area contributed by atoms with Gasteiger partial charge in [-0.1, -0.05) is 6.07 Å². The number of hydrogen-bond donors (Lipinski definition) is 6. The maximum atomic E-state index is 13.8. The molecule has 0 fully saturated rings. The van der Waals surface area contributed by atoms with Gasteiger partial charge in [-0.2, -0.15) is 4.37 Å². The predicted molar refractivity (Wildman–Crippen MR) is 149 cm³/mol. The minimum absolute atomic E-state index is 0.0397. The quantitative estimate of drug-likeness (QED) is 0.247. The van der Waals surface area contributed by atoms with Crippen molar-refractivity contribution in [2.45, 2.75) is 49.8 Å². The highest BCUT2D eigenvalue weighted by Crippen LogP contribution is 2.52. The Morgan fingerprint density at radius 3 is 2.45 bits per heavy atom. The number of aromatic nitrogens is 1.